The summed E-state index contributed by atoms with van der Waals surface area (Å²) in [5.41, 5.74) is 2.70. The standard InChI is InChI=1S/C52H72N18O8/c1-63(2)19-15-17-53-51(77)45-59-43(31-67(45)7)61-49(75)41-25-37(57-47(73)39-23-35(55-33-71)27-65(39)5)29-69(41)21-13-11-9-10-12-14-22-70-30-38(58-48(74)40-24-36(56-34-72)28-66(40)6)26-42(70)50(76)62-44-32-68(8)46(60-44)52(78)54-18-16-20-64(3)4/h23-34H,9-22H2,1-8H3,(H,53,77)(H,54,78)(H,55,71)(H,56,72)(H,57,73)(H,58,74)(H,61,75)(H,62,76). The Morgan fingerprint density at radius 3 is 1.17 bits per heavy atom. The van der Waals surface area contributed by atoms with Gasteiger partial charge >= 0.3 is 0 Å². The summed E-state index contributed by atoms with van der Waals surface area (Å²) >= 11 is 0. The predicted molar refractivity (Wildman–Crippen MR) is 296 cm³/mol. The van der Waals surface area contributed by atoms with Crippen molar-refractivity contribution in [2.24, 2.45) is 28.2 Å². The highest BCUT2D eigenvalue weighted by molar-refractivity contribution is 6.08. The molecule has 6 aromatic heterocycles. The Morgan fingerprint density at radius 2 is 0.795 bits per heavy atom. The van der Waals surface area contributed by atoms with E-state index in [2.05, 4.69) is 52.5 Å². The van der Waals surface area contributed by atoms with E-state index in [0.717, 1.165) is 51.6 Å². The maximum atomic E-state index is 13.9. The van der Waals surface area contributed by atoms with Crippen LogP contribution >= 0.6 is 0 Å². The summed E-state index contributed by atoms with van der Waals surface area (Å²) in [5.74, 6) is -2.02. The van der Waals surface area contributed by atoms with Gasteiger partial charge in [-0.1, -0.05) is 25.7 Å². The number of aromatic nitrogens is 8. The van der Waals surface area contributed by atoms with E-state index in [1.807, 2.05) is 38.0 Å². The molecule has 0 radical (unpaired) electrons. The third-order valence-electron chi connectivity index (χ3n) is 12.5. The molecule has 0 aliphatic carbocycles. The fraction of sp³-hybridized carbons (Fsp3) is 0.423. The second-order valence-corrected chi connectivity index (χ2v) is 19.5. The first-order valence-corrected chi connectivity index (χ1v) is 25.6. The summed E-state index contributed by atoms with van der Waals surface area (Å²) in [6, 6.07) is 6.21. The average Bonchev–Trinajstić information content (AvgIpc) is 4.27. The molecule has 0 saturated carbocycles. The number of aryl methyl sites for hydroxylation is 6. The summed E-state index contributed by atoms with van der Waals surface area (Å²) in [5, 5.41) is 22.1. The molecule has 0 bridgehead atoms. The van der Waals surface area contributed by atoms with Gasteiger partial charge in [0.1, 0.15) is 22.8 Å². The third kappa shape index (κ3) is 16.4. The number of nitrogens with one attached hydrogen (secondary N) is 8. The van der Waals surface area contributed by atoms with Gasteiger partial charge in [-0.2, -0.15) is 0 Å². The first-order chi connectivity index (χ1) is 37.3. The Kier molecular flexibility index (Phi) is 20.9. The molecule has 26 heteroatoms. The number of nitrogens with zero attached hydrogens (tertiary/aromatic N) is 10. The number of imidazole rings is 2. The SMILES string of the molecule is CN(C)CCCNC(=O)c1nc(NC(=O)c2cc(NC(=O)c3cc(NC=O)cn3C)cn2CCCCCCCCn2cc(NC(=O)c3cc(NC=O)cn3C)cc2C(=O)Nc2cn(C)c(C(=O)NCCCN(C)C)n2)cn1C. The molecule has 8 amide bonds. The highest BCUT2D eigenvalue weighted by Gasteiger charge is 2.23. The number of anilines is 6. The number of carbonyl (C=O) groups excluding carboxylic acids is 8. The van der Waals surface area contributed by atoms with E-state index in [1.165, 1.54) is 21.3 Å². The van der Waals surface area contributed by atoms with Crippen LogP contribution in [0.4, 0.5) is 34.4 Å². The molecule has 0 atom stereocenters. The normalized spacial score (nSPS) is 11.2. The van der Waals surface area contributed by atoms with E-state index in [0.29, 0.717) is 74.6 Å². The van der Waals surface area contributed by atoms with Gasteiger partial charge in [0.15, 0.2) is 11.6 Å². The first-order valence-electron chi connectivity index (χ1n) is 25.6. The molecule has 6 heterocycles. The van der Waals surface area contributed by atoms with Crippen molar-refractivity contribution >= 4 is 82.6 Å². The molecule has 0 saturated heterocycles. The van der Waals surface area contributed by atoms with Crippen LogP contribution in [-0.4, -0.2) is 150 Å². The van der Waals surface area contributed by atoms with Crippen molar-refractivity contribution < 1.29 is 38.4 Å². The van der Waals surface area contributed by atoms with Gasteiger partial charge in [-0.25, -0.2) is 9.97 Å². The van der Waals surface area contributed by atoms with Gasteiger partial charge in [-0.05, 0) is 91.2 Å². The Labute approximate surface area is 452 Å². The average molecular weight is 1080 g/mol. The number of hydrogen-bond donors (Lipinski definition) is 8. The monoisotopic (exact) mass is 1080 g/mol. The molecule has 0 aliphatic rings. The van der Waals surface area contributed by atoms with Crippen molar-refractivity contribution in [1.29, 1.82) is 0 Å². The molecule has 78 heavy (non-hydrogen) atoms. The fourth-order valence-electron chi connectivity index (χ4n) is 8.63. The molecule has 0 fully saturated rings. The van der Waals surface area contributed by atoms with Gasteiger partial charge in [0.25, 0.3) is 35.4 Å². The molecule has 418 valence electrons. The van der Waals surface area contributed by atoms with E-state index >= 15 is 0 Å². The number of unbranched alkanes of at least 4 members (excludes halogenated alkanes) is 5. The Hall–Kier alpha value is -8.78. The zero-order valence-corrected chi connectivity index (χ0v) is 45.6. The molecule has 0 aromatic carbocycles. The Balaban J connectivity index is 1.08. The lowest BCUT2D eigenvalue weighted by molar-refractivity contribution is -0.106. The van der Waals surface area contributed by atoms with Crippen LogP contribution < -0.4 is 42.5 Å². The van der Waals surface area contributed by atoms with Crippen molar-refractivity contribution in [3.63, 3.8) is 0 Å². The van der Waals surface area contributed by atoms with E-state index in [1.54, 1.807) is 95.8 Å². The van der Waals surface area contributed by atoms with E-state index in [4.69, 9.17) is 0 Å². The minimum Gasteiger partial charge on any atom is -0.349 e. The van der Waals surface area contributed by atoms with Gasteiger partial charge in [0.2, 0.25) is 24.5 Å². The second-order valence-electron chi connectivity index (χ2n) is 19.5. The van der Waals surface area contributed by atoms with E-state index in [-0.39, 0.29) is 57.9 Å². The van der Waals surface area contributed by atoms with Crippen molar-refractivity contribution in [2.75, 3.05) is 86.3 Å². The number of amides is 8. The molecule has 0 aliphatic heterocycles. The zero-order chi connectivity index (χ0) is 56.5. The van der Waals surface area contributed by atoms with Crippen LogP contribution in [0.3, 0.4) is 0 Å². The predicted octanol–water partition coefficient (Wildman–Crippen LogP) is 3.98. The smallest absolute Gasteiger partial charge is 0.287 e. The summed E-state index contributed by atoms with van der Waals surface area (Å²) in [4.78, 5) is 115. The molecule has 26 nitrogen and oxygen atoms in total. The topological polar surface area (TPSA) is 295 Å². The van der Waals surface area contributed by atoms with Crippen LogP contribution in [0.2, 0.25) is 0 Å². The van der Waals surface area contributed by atoms with Crippen LogP contribution in [0.25, 0.3) is 0 Å². The van der Waals surface area contributed by atoms with Crippen LogP contribution in [0.5, 0.6) is 0 Å². The molecule has 8 N–H and O–H groups in total. The molecule has 6 rings (SSSR count). The number of rotatable bonds is 31. The molecule has 6 aromatic rings. The van der Waals surface area contributed by atoms with Gasteiger partial charge in [-0.15, -0.1) is 0 Å². The lowest BCUT2D eigenvalue weighted by Gasteiger charge is -2.10. The summed E-state index contributed by atoms with van der Waals surface area (Å²) < 4.78 is 9.75. The maximum Gasteiger partial charge on any atom is 0.287 e. The van der Waals surface area contributed by atoms with Gasteiger partial charge in [-0.3, -0.25) is 38.4 Å². The van der Waals surface area contributed by atoms with Crippen LogP contribution in [0, 0.1) is 0 Å². The summed E-state index contributed by atoms with van der Waals surface area (Å²) in [7, 11) is 14.5. The number of carbonyl (C=O) groups is 8. The molecule has 0 spiro atoms. The maximum absolute atomic E-state index is 13.9. The van der Waals surface area contributed by atoms with Crippen molar-refractivity contribution in [1.82, 2.24) is 57.8 Å². The van der Waals surface area contributed by atoms with Crippen LogP contribution in [0.1, 0.15) is 115 Å². The van der Waals surface area contributed by atoms with Gasteiger partial charge in [0.05, 0.1) is 22.7 Å². The minimum atomic E-state index is -0.497. The lowest BCUT2D eigenvalue weighted by Crippen LogP contribution is -2.29. The van der Waals surface area contributed by atoms with Gasteiger partial charge in [0, 0.05) is 91.6 Å². The van der Waals surface area contributed by atoms with E-state index < -0.39 is 23.6 Å². The lowest BCUT2D eigenvalue weighted by atomic mass is 10.1. The van der Waals surface area contributed by atoms with Crippen molar-refractivity contribution in [3.8, 4) is 0 Å². The summed E-state index contributed by atoms with van der Waals surface area (Å²) in [6.07, 6.45) is 16.9. The van der Waals surface area contributed by atoms with Crippen molar-refractivity contribution in [2.45, 2.75) is 64.5 Å². The second kappa shape index (κ2) is 27.8. The number of hydrogen-bond acceptors (Lipinski definition) is 12. The quantitative estimate of drug-likeness (QED) is 0.0227. The minimum absolute atomic E-state index is 0.134. The highest BCUT2D eigenvalue weighted by atomic mass is 16.2. The Bertz CT molecular complexity index is 2870. The molecule has 0 unspecified atom stereocenters. The molecular weight excluding hydrogens is 1000 g/mol. The third-order valence-corrected chi connectivity index (χ3v) is 12.5. The van der Waals surface area contributed by atoms with Crippen LogP contribution in [0.15, 0.2) is 61.4 Å². The fourth-order valence-corrected chi connectivity index (χ4v) is 8.63. The molecular formula is C52H72N18O8. The van der Waals surface area contributed by atoms with Gasteiger partial charge < -0.3 is 79.7 Å². The summed E-state index contributed by atoms with van der Waals surface area (Å²) in [6.45, 7) is 3.40. The Morgan fingerprint density at radius 1 is 0.436 bits per heavy atom. The van der Waals surface area contributed by atoms with Crippen LogP contribution in [-0.2, 0) is 50.9 Å². The first kappa shape index (κ1) is 58.5. The largest absolute Gasteiger partial charge is 0.349 e. The highest BCUT2D eigenvalue weighted by Crippen LogP contribution is 2.23. The van der Waals surface area contributed by atoms with Crippen molar-refractivity contribution in [3.05, 3.63) is 95.9 Å². The zero-order valence-electron chi connectivity index (χ0n) is 45.6. The van der Waals surface area contributed by atoms with E-state index in [9.17, 15) is 38.4 Å².